The third kappa shape index (κ3) is 2.26. The summed E-state index contributed by atoms with van der Waals surface area (Å²) in [6.45, 7) is -0.322. The number of rotatable bonds is 3. The number of nitriles is 1. The molecule has 1 rings (SSSR count). The van der Waals surface area contributed by atoms with Crippen molar-refractivity contribution in [2.45, 2.75) is 6.42 Å². The van der Waals surface area contributed by atoms with Gasteiger partial charge in [-0.3, -0.25) is 0 Å². The Morgan fingerprint density at radius 2 is 2.00 bits per heavy atom. The molecule has 0 atom stereocenters. The minimum atomic E-state index is -0.322. The van der Waals surface area contributed by atoms with Crippen molar-refractivity contribution in [3.8, 4) is 11.8 Å². The van der Waals surface area contributed by atoms with E-state index in [0.29, 0.717) is 12.2 Å². The molecule has 0 aliphatic carbocycles. The number of aliphatic hydroxyl groups is 1. The first kappa shape index (κ1) is 8.57. The second kappa shape index (κ2) is 4.37. The molecule has 62 valence electrons. The zero-order chi connectivity index (χ0) is 8.81. The van der Waals surface area contributed by atoms with Gasteiger partial charge in [-0.25, -0.2) is 0 Å². The Hall–Kier alpha value is -1.53. The second-order valence-electron chi connectivity index (χ2n) is 2.25. The monoisotopic (exact) mass is 163 g/mol. The molecule has 0 radical (unpaired) electrons. The zero-order valence-electron chi connectivity index (χ0n) is 6.53. The number of ether oxygens (including phenoxy) is 1. The van der Waals surface area contributed by atoms with Gasteiger partial charge in [-0.2, -0.15) is 5.26 Å². The van der Waals surface area contributed by atoms with Crippen LogP contribution >= 0.6 is 0 Å². The number of hydrogen-bond donors (Lipinski definition) is 1. The van der Waals surface area contributed by atoms with Gasteiger partial charge in [0, 0.05) is 0 Å². The molecule has 0 aromatic heterocycles. The van der Waals surface area contributed by atoms with Crippen molar-refractivity contribution in [1.29, 1.82) is 5.26 Å². The highest BCUT2D eigenvalue weighted by Crippen LogP contribution is 2.11. The molecular formula is C9H9NO2. The van der Waals surface area contributed by atoms with Crippen LogP contribution in [0.3, 0.4) is 0 Å². The topological polar surface area (TPSA) is 53.2 Å². The maximum Gasteiger partial charge on any atom is 0.186 e. The molecule has 0 aliphatic rings. The van der Waals surface area contributed by atoms with Gasteiger partial charge in [-0.05, 0) is 17.7 Å². The molecule has 0 unspecified atom stereocenters. The first-order valence-electron chi connectivity index (χ1n) is 3.56. The van der Waals surface area contributed by atoms with Gasteiger partial charge in [0.15, 0.2) is 6.79 Å². The van der Waals surface area contributed by atoms with Gasteiger partial charge in [0.25, 0.3) is 0 Å². The molecule has 12 heavy (non-hydrogen) atoms. The molecule has 0 amide bonds. The Bertz CT molecular complexity index is 274. The standard InChI is InChI=1S/C9H9NO2/c10-6-5-8-1-3-9(4-2-8)12-7-11/h1-4,11H,5,7H2. The maximum atomic E-state index is 8.42. The van der Waals surface area contributed by atoms with Crippen LogP contribution in [0.5, 0.6) is 5.75 Å². The smallest absolute Gasteiger partial charge is 0.186 e. The van der Waals surface area contributed by atoms with Crippen molar-refractivity contribution < 1.29 is 9.84 Å². The molecule has 0 spiro atoms. The molecule has 0 saturated carbocycles. The third-order valence-electron chi connectivity index (χ3n) is 1.44. The van der Waals surface area contributed by atoms with Gasteiger partial charge in [0.1, 0.15) is 5.75 Å². The van der Waals surface area contributed by atoms with Crippen LogP contribution in [0.15, 0.2) is 24.3 Å². The molecule has 0 saturated heterocycles. The minimum Gasteiger partial charge on any atom is -0.468 e. The highest BCUT2D eigenvalue weighted by molar-refractivity contribution is 5.28. The SMILES string of the molecule is N#CCc1ccc(OCO)cc1. The number of aliphatic hydroxyl groups excluding tert-OH is 1. The van der Waals surface area contributed by atoms with Crippen LogP contribution in [0.2, 0.25) is 0 Å². The van der Waals surface area contributed by atoms with E-state index in [1.807, 2.05) is 6.07 Å². The predicted molar refractivity (Wildman–Crippen MR) is 43.5 cm³/mol. The Morgan fingerprint density at radius 3 is 2.50 bits per heavy atom. The van der Waals surface area contributed by atoms with Gasteiger partial charge in [0.05, 0.1) is 12.5 Å². The summed E-state index contributed by atoms with van der Waals surface area (Å²) in [4.78, 5) is 0. The van der Waals surface area contributed by atoms with Crippen LogP contribution in [0, 0.1) is 11.3 Å². The van der Waals surface area contributed by atoms with Gasteiger partial charge >= 0.3 is 0 Å². The average molecular weight is 163 g/mol. The van der Waals surface area contributed by atoms with Gasteiger partial charge in [-0.15, -0.1) is 0 Å². The van der Waals surface area contributed by atoms with E-state index in [0.717, 1.165) is 5.56 Å². The van der Waals surface area contributed by atoms with Gasteiger partial charge in [-0.1, -0.05) is 12.1 Å². The van der Waals surface area contributed by atoms with E-state index >= 15 is 0 Å². The van der Waals surface area contributed by atoms with Crippen molar-refractivity contribution in [3.05, 3.63) is 29.8 Å². The summed E-state index contributed by atoms with van der Waals surface area (Å²) in [6, 6.07) is 9.10. The average Bonchev–Trinajstić information content (AvgIpc) is 2.09. The summed E-state index contributed by atoms with van der Waals surface area (Å²) in [6.07, 6.45) is 0.402. The van der Waals surface area contributed by atoms with Crippen molar-refractivity contribution in [2.75, 3.05) is 6.79 Å². The van der Waals surface area contributed by atoms with Crippen LogP contribution < -0.4 is 4.74 Å². The quantitative estimate of drug-likeness (QED) is 0.678. The van der Waals surface area contributed by atoms with Crippen LogP contribution in [0.4, 0.5) is 0 Å². The Balaban J connectivity index is 2.66. The van der Waals surface area contributed by atoms with E-state index in [1.54, 1.807) is 24.3 Å². The molecule has 1 aromatic carbocycles. The largest absolute Gasteiger partial charge is 0.468 e. The number of benzene rings is 1. The van der Waals surface area contributed by atoms with Crippen molar-refractivity contribution in [1.82, 2.24) is 0 Å². The summed E-state index contributed by atoms with van der Waals surface area (Å²) in [5.74, 6) is 0.610. The Kier molecular flexibility index (Phi) is 3.12. The molecule has 3 heteroatoms. The summed E-state index contributed by atoms with van der Waals surface area (Å²) < 4.78 is 4.81. The fourth-order valence-electron chi connectivity index (χ4n) is 0.869. The lowest BCUT2D eigenvalue weighted by Gasteiger charge is -2.01. The van der Waals surface area contributed by atoms with E-state index in [9.17, 15) is 0 Å². The molecule has 0 bridgehead atoms. The van der Waals surface area contributed by atoms with E-state index in [1.165, 1.54) is 0 Å². The highest BCUT2D eigenvalue weighted by Gasteiger charge is 1.93. The molecule has 0 fully saturated rings. The van der Waals surface area contributed by atoms with Crippen molar-refractivity contribution >= 4 is 0 Å². The van der Waals surface area contributed by atoms with Crippen molar-refractivity contribution in [2.24, 2.45) is 0 Å². The van der Waals surface area contributed by atoms with Crippen LogP contribution in [-0.2, 0) is 6.42 Å². The summed E-state index contributed by atoms with van der Waals surface area (Å²) in [5, 5.41) is 16.8. The lowest BCUT2D eigenvalue weighted by atomic mass is 10.2. The van der Waals surface area contributed by atoms with E-state index in [4.69, 9.17) is 15.1 Å². The predicted octanol–water partition coefficient (Wildman–Crippen LogP) is 1.08. The Labute approximate surface area is 70.8 Å². The molecule has 3 nitrogen and oxygen atoms in total. The fourth-order valence-corrected chi connectivity index (χ4v) is 0.869. The first-order chi connectivity index (χ1) is 5.86. The second-order valence-corrected chi connectivity index (χ2v) is 2.25. The maximum absolute atomic E-state index is 8.42. The molecule has 0 heterocycles. The fraction of sp³-hybridized carbons (Fsp3) is 0.222. The van der Waals surface area contributed by atoms with E-state index < -0.39 is 0 Å². The normalized spacial score (nSPS) is 9.00. The molecule has 0 aliphatic heterocycles. The van der Waals surface area contributed by atoms with Crippen LogP contribution in [0.25, 0.3) is 0 Å². The summed E-state index contributed by atoms with van der Waals surface area (Å²) in [7, 11) is 0. The minimum absolute atomic E-state index is 0.322. The van der Waals surface area contributed by atoms with E-state index in [-0.39, 0.29) is 6.79 Å². The zero-order valence-corrected chi connectivity index (χ0v) is 6.53. The highest BCUT2D eigenvalue weighted by atomic mass is 16.6. The lowest BCUT2D eigenvalue weighted by Crippen LogP contribution is -1.94. The van der Waals surface area contributed by atoms with Crippen molar-refractivity contribution in [3.63, 3.8) is 0 Å². The summed E-state index contributed by atoms with van der Waals surface area (Å²) in [5.41, 5.74) is 0.947. The van der Waals surface area contributed by atoms with Crippen LogP contribution in [0.1, 0.15) is 5.56 Å². The van der Waals surface area contributed by atoms with Crippen LogP contribution in [-0.4, -0.2) is 11.9 Å². The van der Waals surface area contributed by atoms with E-state index in [2.05, 4.69) is 0 Å². The lowest BCUT2D eigenvalue weighted by molar-refractivity contribution is 0.0985. The molecule has 1 N–H and O–H groups in total. The number of nitrogens with zero attached hydrogens (tertiary/aromatic N) is 1. The Morgan fingerprint density at radius 1 is 1.33 bits per heavy atom. The number of hydrogen-bond acceptors (Lipinski definition) is 3. The molecular weight excluding hydrogens is 154 g/mol. The van der Waals surface area contributed by atoms with Gasteiger partial charge < -0.3 is 9.84 Å². The summed E-state index contributed by atoms with van der Waals surface area (Å²) >= 11 is 0. The first-order valence-corrected chi connectivity index (χ1v) is 3.56. The molecule has 1 aromatic rings. The van der Waals surface area contributed by atoms with Gasteiger partial charge in [0.2, 0.25) is 0 Å². The third-order valence-corrected chi connectivity index (χ3v) is 1.44.